The first kappa shape index (κ1) is 30.1. The largest absolute Gasteiger partial charge is 0.497 e. The van der Waals surface area contributed by atoms with Crippen molar-refractivity contribution >= 4 is 20.3 Å². The molecule has 1 aliphatic rings. The number of methoxy groups -OCH3 is 1. The van der Waals surface area contributed by atoms with Gasteiger partial charge < -0.3 is 4.74 Å². The molecule has 3 aromatic rings. The second kappa shape index (κ2) is 10.9. The molecule has 1 nitrogen and oxygen atoms in total. The molecular formula is C38H50OSi. The third kappa shape index (κ3) is 5.93. The van der Waals surface area contributed by atoms with Crippen molar-refractivity contribution in [2.75, 3.05) is 7.11 Å². The summed E-state index contributed by atoms with van der Waals surface area (Å²) >= 11 is 0. The molecule has 0 saturated heterocycles. The molecule has 2 heteroatoms. The van der Waals surface area contributed by atoms with Gasteiger partial charge in [-0.25, -0.2) is 0 Å². The van der Waals surface area contributed by atoms with Gasteiger partial charge in [-0.3, -0.25) is 0 Å². The van der Waals surface area contributed by atoms with Gasteiger partial charge in [0, 0.05) is 5.04 Å². The van der Waals surface area contributed by atoms with Crippen LogP contribution in [0.3, 0.4) is 0 Å². The van der Waals surface area contributed by atoms with Gasteiger partial charge in [-0.05, 0) is 103 Å². The van der Waals surface area contributed by atoms with Crippen LogP contribution >= 0.6 is 0 Å². The van der Waals surface area contributed by atoms with Crippen LogP contribution in [-0.4, -0.2) is 16.6 Å². The molecule has 40 heavy (non-hydrogen) atoms. The van der Waals surface area contributed by atoms with Gasteiger partial charge >= 0.3 is 0 Å². The van der Waals surface area contributed by atoms with E-state index in [-0.39, 0.29) is 15.9 Å². The molecule has 0 bridgehead atoms. The number of aryl methyl sites for hydroxylation is 2. The van der Waals surface area contributed by atoms with Crippen LogP contribution in [0.15, 0.2) is 77.4 Å². The molecule has 0 heterocycles. The van der Waals surface area contributed by atoms with E-state index in [0.29, 0.717) is 0 Å². The van der Waals surface area contributed by atoms with Gasteiger partial charge in [0.05, 0.1) is 16.6 Å². The van der Waals surface area contributed by atoms with Gasteiger partial charge in [-0.15, -0.1) is 0 Å². The lowest BCUT2D eigenvalue weighted by atomic mass is 9.76. The molecule has 0 amide bonds. The SMILES string of the molecule is COc1cccc(CC2([SiH2]c3cc(C)cc(C)c3)C(C)=C(C)C(C)=C2c2cc(C(C)(C)C)cc(C(C)(C)C)c2)c1. The maximum atomic E-state index is 5.68. The summed E-state index contributed by atoms with van der Waals surface area (Å²) in [5.74, 6) is 0.934. The third-order valence-corrected chi connectivity index (χ3v) is 11.6. The second-order valence-corrected chi connectivity index (χ2v) is 16.7. The van der Waals surface area contributed by atoms with Gasteiger partial charge in [0.15, 0.2) is 0 Å². The average Bonchev–Trinajstić information content (AvgIpc) is 3.02. The summed E-state index contributed by atoms with van der Waals surface area (Å²) in [6, 6.07) is 23.4. The quantitative estimate of drug-likeness (QED) is 0.278. The Hall–Kier alpha value is -2.84. The molecule has 212 valence electrons. The fraction of sp³-hybridized carbons (Fsp3) is 0.421. The Labute approximate surface area is 246 Å². The predicted octanol–water partition coefficient (Wildman–Crippen LogP) is 8.93. The van der Waals surface area contributed by atoms with Crippen LogP contribution in [-0.2, 0) is 17.3 Å². The molecule has 0 aromatic heterocycles. The summed E-state index contributed by atoms with van der Waals surface area (Å²) in [6.07, 6.45) is 0.990. The third-order valence-electron chi connectivity index (χ3n) is 9.08. The van der Waals surface area contributed by atoms with E-state index in [0.717, 1.165) is 12.2 Å². The highest BCUT2D eigenvalue weighted by Gasteiger charge is 2.44. The van der Waals surface area contributed by atoms with Gasteiger partial charge in [-0.2, -0.15) is 0 Å². The van der Waals surface area contributed by atoms with E-state index in [1.54, 1.807) is 23.4 Å². The highest BCUT2D eigenvalue weighted by atomic mass is 28.2. The van der Waals surface area contributed by atoms with Gasteiger partial charge in [0.2, 0.25) is 0 Å². The minimum atomic E-state index is -0.799. The Bertz CT molecular complexity index is 1440. The molecule has 1 unspecified atom stereocenters. The zero-order chi connectivity index (χ0) is 29.6. The maximum absolute atomic E-state index is 5.68. The number of hydrogen-bond acceptors (Lipinski definition) is 1. The highest BCUT2D eigenvalue weighted by Crippen LogP contribution is 2.59. The first-order valence-electron chi connectivity index (χ1n) is 14.8. The average molecular weight is 551 g/mol. The van der Waals surface area contributed by atoms with Crippen LogP contribution in [0.1, 0.15) is 95.7 Å². The second-order valence-electron chi connectivity index (χ2n) is 14.3. The summed E-state index contributed by atoms with van der Waals surface area (Å²) < 4.78 is 5.68. The summed E-state index contributed by atoms with van der Waals surface area (Å²) in [6.45, 7) is 25.7. The van der Waals surface area contributed by atoms with Crippen LogP contribution in [0, 0.1) is 13.8 Å². The van der Waals surface area contributed by atoms with Gasteiger partial charge in [-0.1, -0.05) is 112 Å². The Morgan fingerprint density at radius 1 is 0.700 bits per heavy atom. The molecule has 4 rings (SSSR count). The van der Waals surface area contributed by atoms with E-state index >= 15 is 0 Å². The molecule has 0 aliphatic heterocycles. The minimum absolute atomic E-state index is 0.0214. The summed E-state index contributed by atoms with van der Waals surface area (Å²) in [7, 11) is 0.971. The first-order valence-corrected chi connectivity index (χ1v) is 16.2. The molecule has 3 aromatic carbocycles. The Kier molecular flexibility index (Phi) is 8.18. The lowest BCUT2D eigenvalue weighted by Gasteiger charge is -2.37. The molecule has 0 fully saturated rings. The Balaban J connectivity index is 2.04. The molecule has 0 spiro atoms. The van der Waals surface area contributed by atoms with Crippen molar-refractivity contribution in [2.45, 2.75) is 98.5 Å². The molecule has 1 atom stereocenters. The lowest BCUT2D eigenvalue weighted by Crippen LogP contribution is -2.34. The fourth-order valence-corrected chi connectivity index (χ4v) is 9.79. The number of benzene rings is 3. The Morgan fingerprint density at radius 3 is 1.80 bits per heavy atom. The normalized spacial score (nSPS) is 18.4. The first-order chi connectivity index (χ1) is 18.5. The monoisotopic (exact) mass is 550 g/mol. The van der Waals surface area contributed by atoms with Crippen molar-refractivity contribution in [3.05, 3.63) is 111 Å². The van der Waals surface area contributed by atoms with Crippen molar-refractivity contribution in [1.82, 2.24) is 0 Å². The fourth-order valence-electron chi connectivity index (χ4n) is 6.66. The molecular weight excluding hydrogens is 501 g/mol. The lowest BCUT2D eigenvalue weighted by molar-refractivity contribution is 0.414. The summed E-state index contributed by atoms with van der Waals surface area (Å²) in [5, 5.41) is 1.52. The van der Waals surface area contributed by atoms with E-state index < -0.39 is 9.52 Å². The number of allylic oxidation sites excluding steroid dienone is 4. The van der Waals surface area contributed by atoms with Crippen LogP contribution < -0.4 is 9.92 Å². The van der Waals surface area contributed by atoms with Crippen LogP contribution in [0.5, 0.6) is 5.75 Å². The van der Waals surface area contributed by atoms with Gasteiger partial charge in [0.25, 0.3) is 0 Å². The summed E-state index contributed by atoms with van der Waals surface area (Å²) in [4.78, 5) is 0. The number of hydrogen-bond donors (Lipinski definition) is 0. The molecule has 0 radical (unpaired) electrons. The predicted molar refractivity (Wildman–Crippen MR) is 178 cm³/mol. The Morgan fingerprint density at radius 2 is 1.27 bits per heavy atom. The van der Waals surface area contributed by atoms with E-state index in [1.807, 2.05) is 0 Å². The number of ether oxygens (including phenoxy) is 1. The van der Waals surface area contributed by atoms with Crippen LogP contribution in [0.2, 0.25) is 5.04 Å². The molecule has 1 aliphatic carbocycles. The van der Waals surface area contributed by atoms with Crippen molar-refractivity contribution in [3.8, 4) is 5.75 Å². The van der Waals surface area contributed by atoms with Crippen molar-refractivity contribution in [3.63, 3.8) is 0 Å². The van der Waals surface area contributed by atoms with E-state index in [4.69, 9.17) is 4.74 Å². The van der Waals surface area contributed by atoms with Gasteiger partial charge in [0.1, 0.15) is 5.75 Å². The van der Waals surface area contributed by atoms with Crippen molar-refractivity contribution in [2.24, 2.45) is 0 Å². The van der Waals surface area contributed by atoms with Crippen molar-refractivity contribution < 1.29 is 4.74 Å². The summed E-state index contributed by atoms with van der Waals surface area (Å²) in [5.41, 5.74) is 14.5. The van der Waals surface area contributed by atoms with E-state index in [9.17, 15) is 0 Å². The minimum Gasteiger partial charge on any atom is -0.497 e. The maximum Gasteiger partial charge on any atom is 0.119 e. The zero-order valence-corrected chi connectivity index (χ0v) is 28.5. The topological polar surface area (TPSA) is 9.23 Å². The number of rotatable bonds is 6. The smallest absolute Gasteiger partial charge is 0.119 e. The standard InChI is InChI=1S/C38H50OSi/c1-24-16-25(2)18-34(17-24)40-38(23-29-14-13-15-33(19-29)39-12)28(5)26(3)27(4)35(38)30-20-31(36(6,7)8)22-32(21-30)37(9,10)11/h13-22H,23,40H2,1-12H3. The van der Waals surface area contributed by atoms with E-state index in [2.05, 4.69) is 137 Å². The van der Waals surface area contributed by atoms with Crippen molar-refractivity contribution in [1.29, 1.82) is 0 Å². The highest BCUT2D eigenvalue weighted by molar-refractivity contribution is 6.61. The zero-order valence-electron chi connectivity index (χ0n) is 27.1. The van der Waals surface area contributed by atoms with Crippen LogP contribution in [0.25, 0.3) is 5.57 Å². The van der Waals surface area contributed by atoms with Crippen LogP contribution in [0.4, 0.5) is 0 Å². The van der Waals surface area contributed by atoms with E-state index in [1.165, 1.54) is 44.5 Å². The molecule has 0 N–H and O–H groups in total. The molecule has 0 saturated carbocycles.